The summed E-state index contributed by atoms with van der Waals surface area (Å²) in [6.07, 6.45) is 9.22. The molecule has 2 aliphatic rings. The molecule has 0 amide bonds. The first kappa shape index (κ1) is 6.34. The minimum absolute atomic E-state index is 0.241. The topological polar surface area (TPSA) is 32.1 Å². The first-order valence-electron chi connectivity index (χ1n) is 3.60. The fraction of sp³-hybridized carbons (Fsp3) is 0.250. The van der Waals surface area contributed by atoms with Gasteiger partial charge in [-0.15, -0.1) is 0 Å². The fourth-order valence-corrected chi connectivity index (χ4v) is 1.29. The maximum absolute atomic E-state index is 10.9. The third kappa shape index (κ3) is 1.09. The molecule has 1 atom stereocenters. The lowest BCUT2D eigenvalue weighted by Crippen LogP contribution is -2.33. The summed E-state index contributed by atoms with van der Waals surface area (Å²) in [4.78, 5) is 10.9. The van der Waals surface area contributed by atoms with Crippen molar-refractivity contribution in [3.05, 3.63) is 41.1 Å². The van der Waals surface area contributed by atoms with Crippen LogP contribution in [0.15, 0.2) is 36.2 Å². The van der Waals surface area contributed by atoms with E-state index in [2.05, 4.69) is 5.32 Å². The van der Waals surface area contributed by atoms with Gasteiger partial charge in [-0.1, -0.05) is 6.08 Å². The zero-order valence-electron chi connectivity index (χ0n) is 6.03. The third-order valence-electron chi connectivity index (χ3n) is 1.86. The molecule has 3 nitrogen and oxygen atoms in total. The van der Waals surface area contributed by atoms with Gasteiger partial charge < -0.3 is 5.32 Å². The number of fused-ring (bicyclic) bond motifs is 1. The van der Waals surface area contributed by atoms with Crippen LogP contribution >= 0.6 is 0 Å². The van der Waals surface area contributed by atoms with Crippen molar-refractivity contribution >= 4 is 0 Å². The number of nitrogens with one attached hydrogen (secondary N) is 1. The lowest BCUT2D eigenvalue weighted by Gasteiger charge is -2.18. The predicted molar refractivity (Wildman–Crippen MR) is 41.8 cm³/mol. The molecule has 1 unspecified atom stereocenters. The standard InChI is InChI=1S/C8H9N2O/c11-10-5-3-8-7(6-10)2-1-4-9-8/h1-5,8-9H,6H2/q+1. The first-order valence-corrected chi connectivity index (χ1v) is 3.60. The number of rotatable bonds is 0. The molecule has 3 heteroatoms. The Balaban J connectivity index is 2.31. The first-order chi connectivity index (χ1) is 5.36. The highest BCUT2D eigenvalue weighted by Crippen LogP contribution is 2.13. The van der Waals surface area contributed by atoms with Gasteiger partial charge in [0.15, 0.2) is 0 Å². The van der Waals surface area contributed by atoms with E-state index >= 15 is 0 Å². The normalized spacial score (nSPS) is 27.5. The van der Waals surface area contributed by atoms with E-state index in [0.717, 1.165) is 10.3 Å². The number of nitrogens with zero attached hydrogens (tertiary/aromatic N) is 1. The average Bonchev–Trinajstić information content (AvgIpc) is 2.04. The predicted octanol–water partition coefficient (Wildman–Crippen LogP) is 0.704. The van der Waals surface area contributed by atoms with E-state index in [-0.39, 0.29) is 6.04 Å². The molecule has 0 aromatic carbocycles. The van der Waals surface area contributed by atoms with Gasteiger partial charge in [-0.2, -0.15) is 0 Å². The second-order valence-corrected chi connectivity index (χ2v) is 2.66. The fourth-order valence-electron chi connectivity index (χ4n) is 1.29. The van der Waals surface area contributed by atoms with Gasteiger partial charge in [0.1, 0.15) is 0 Å². The van der Waals surface area contributed by atoms with E-state index in [4.69, 9.17) is 0 Å². The molecule has 0 saturated carbocycles. The summed E-state index contributed by atoms with van der Waals surface area (Å²) in [7, 11) is 0. The molecule has 1 N–H and O–H groups in total. The second kappa shape index (κ2) is 2.34. The average molecular weight is 149 g/mol. The highest BCUT2D eigenvalue weighted by molar-refractivity contribution is 5.28. The molecular weight excluding hydrogens is 140 g/mol. The van der Waals surface area contributed by atoms with Gasteiger partial charge in [-0.05, 0) is 12.3 Å². The van der Waals surface area contributed by atoms with Crippen LogP contribution in [0.3, 0.4) is 0 Å². The highest BCUT2D eigenvalue weighted by Gasteiger charge is 2.23. The summed E-state index contributed by atoms with van der Waals surface area (Å²) in [5.41, 5.74) is 1.13. The van der Waals surface area contributed by atoms with Gasteiger partial charge in [0.2, 0.25) is 12.7 Å². The Hall–Kier alpha value is -1.38. The molecule has 0 spiro atoms. The molecule has 0 fully saturated rings. The zero-order valence-corrected chi connectivity index (χ0v) is 6.03. The largest absolute Gasteiger partial charge is 0.380 e. The molecule has 56 valence electrons. The lowest BCUT2D eigenvalue weighted by molar-refractivity contribution is -0.473. The van der Waals surface area contributed by atoms with Gasteiger partial charge in [-0.3, -0.25) is 0 Å². The van der Waals surface area contributed by atoms with Gasteiger partial charge in [-0.25, -0.2) is 0 Å². The van der Waals surface area contributed by atoms with Crippen LogP contribution in [0, 0.1) is 4.91 Å². The molecule has 2 aliphatic heterocycles. The number of hydrogen-bond acceptors (Lipinski definition) is 2. The van der Waals surface area contributed by atoms with Crippen molar-refractivity contribution < 1.29 is 4.76 Å². The van der Waals surface area contributed by atoms with Gasteiger partial charge in [0, 0.05) is 21.3 Å². The van der Waals surface area contributed by atoms with Crippen LogP contribution < -0.4 is 5.32 Å². The zero-order chi connectivity index (χ0) is 7.68. The number of dihydropyridines is 1. The summed E-state index contributed by atoms with van der Waals surface area (Å²) in [6.45, 7) is 0.485. The van der Waals surface area contributed by atoms with Crippen molar-refractivity contribution in [1.82, 2.24) is 5.32 Å². The maximum atomic E-state index is 10.9. The van der Waals surface area contributed by atoms with E-state index in [1.54, 1.807) is 6.20 Å². The van der Waals surface area contributed by atoms with E-state index in [9.17, 15) is 4.91 Å². The monoisotopic (exact) mass is 149 g/mol. The van der Waals surface area contributed by atoms with Crippen LogP contribution in [0.25, 0.3) is 0 Å². The lowest BCUT2D eigenvalue weighted by atomic mass is 10.0. The molecule has 11 heavy (non-hydrogen) atoms. The Morgan fingerprint density at radius 2 is 2.55 bits per heavy atom. The number of hydrogen-bond donors (Lipinski definition) is 1. The quantitative estimate of drug-likeness (QED) is 0.514. The molecule has 0 aromatic rings. The molecule has 0 aliphatic carbocycles. The second-order valence-electron chi connectivity index (χ2n) is 2.66. The Morgan fingerprint density at radius 1 is 1.64 bits per heavy atom. The van der Waals surface area contributed by atoms with Crippen LogP contribution in [-0.4, -0.2) is 17.3 Å². The van der Waals surface area contributed by atoms with Crippen LogP contribution in [0.2, 0.25) is 0 Å². The minimum Gasteiger partial charge on any atom is -0.380 e. The maximum Gasteiger partial charge on any atom is 0.222 e. The summed E-state index contributed by atoms with van der Waals surface area (Å²) in [5, 5.41) is 3.14. The van der Waals surface area contributed by atoms with Gasteiger partial charge in [0.25, 0.3) is 0 Å². The summed E-state index contributed by atoms with van der Waals surface area (Å²) in [6, 6.07) is 0.241. The minimum atomic E-state index is 0.241. The van der Waals surface area contributed by atoms with E-state index < -0.39 is 0 Å². The summed E-state index contributed by atoms with van der Waals surface area (Å²) in [5.74, 6) is 0. The van der Waals surface area contributed by atoms with E-state index in [0.29, 0.717) is 6.54 Å². The molecular formula is C8H9N2O+. The van der Waals surface area contributed by atoms with Crippen molar-refractivity contribution in [1.29, 1.82) is 0 Å². The smallest absolute Gasteiger partial charge is 0.222 e. The van der Waals surface area contributed by atoms with Crippen molar-refractivity contribution in [2.45, 2.75) is 6.04 Å². The van der Waals surface area contributed by atoms with Crippen molar-refractivity contribution in [2.75, 3.05) is 6.54 Å². The molecule has 0 radical (unpaired) electrons. The third-order valence-corrected chi connectivity index (χ3v) is 1.86. The summed E-state index contributed by atoms with van der Waals surface area (Å²) < 4.78 is 0.934. The highest BCUT2D eigenvalue weighted by atomic mass is 16.3. The van der Waals surface area contributed by atoms with Crippen LogP contribution in [0.5, 0.6) is 0 Å². The van der Waals surface area contributed by atoms with Crippen LogP contribution in [0.1, 0.15) is 0 Å². The Bertz CT molecular complexity index is 276. The Morgan fingerprint density at radius 3 is 3.45 bits per heavy atom. The molecule has 0 aromatic heterocycles. The van der Waals surface area contributed by atoms with Crippen LogP contribution in [0.4, 0.5) is 0 Å². The molecule has 0 bridgehead atoms. The Labute approximate surface area is 64.7 Å². The van der Waals surface area contributed by atoms with E-state index in [1.807, 2.05) is 24.4 Å². The summed E-state index contributed by atoms with van der Waals surface area (Å²) >= 11 is 0. The van der Waals surface area contributed by atoms with Gasteiger partial charge >= 0.3 is 0 Å². The SMILES string of the molecule is O=[N+]1C=CC2NC=CC=C2C1. The van der Waals surface area contributed by atoms with Crippen molar-refractivity contribution in [2.24, 2.45) is 0 Å². The van der Waals surface area contributed by atoms with Crippen LogP contribution in [-0.2, 0) is 0 Å². The van der Waals surface area contributed by atoms with E-state index in [1.165, 1.54) is 0 Å². The number of allylic oxidation sites excluding steroid dienone is 2. The Kier molecular flexibility index (Phi) is 1.35. The number of nitroso groups, excluding NO2 is 1. The van der Waals surface area contributed by atoms with Crippen molar-refractivity contribution in [3.8, 4) is 0 Å². The van der Waals surface area contributed by atoms with Gasteiger partial charge in [0.05, 0.1) is 6.04 Å². The molecule has 2 rings (SSSR count). The van der Waals surface area contributed by atoms with Crippen molar-refractivity contribution in [3.63, 3.8) is 0 Å². The molecule has 2 heterocycles. The molecule has 0 saturated heterocycles.